The summed E-state index contributed by atoms with van der Waals surface area (Å²) in [4.78, 5) is 28.8. The van der Waals surface area contributed by atoms with Gasteiger partial charge in [-0.05, 0) is 45.6 Å². The second kappa shape index (κ2) is 6.86. The van der Waals surface area contributed by atoms with Crippen molar-refractivity contribution in [2.45, 2.75) is 45.3 Å². The number of anilines is 1. The summed E-state index contributed by atoms with van der Waals surface area (Å²) in [7, 11) is 0. The molecule has 9 heteroatoms. The summed E-state index contributed by atoms with van der Waals surface area (Å²) < 4.78 is 19.9. The highest BCUT2D eigenvalue weighted by molar-refractivity contribution is 8.14. The number of thioether (sulfide) groups is 1. The van der Waals surface area contributed by atoms with Crippen molar-refractivity contribution in [3.63, 3.8) is 0 Å². The van der Waals surface area contributed by atoms with Gasteiger partial charge in [0, 0.05) is 17.9 Å². The van der Waals surface area contributed by atoms with E-state index in [0.29, 0.717) is 11.1 Å². The Kier molecular flexibility index (Phi) is 4.92. The number of ether oxygens (including phenoxy) is 1. The number of aliphatic imine (C=N–C) groups is 1. The number of amidine groups is 1. The molecule has 0 aromatic heterocycles. The zero-order chi connectivity index (χ0) is 19.1. The predicted molar refractivity (Wildman–Crippen MR) is 98.2 cm³/mol. The molecule has 3 rings (SSSR count). The lowest BCUT2D eigenvalue weighted by Gasteiger charge is -2.28. The van der Waals surface area contributed by atoms with E-state index in [2.05, 4.69) is 4.99 Å². The molecule has 1 amide bonds. The fraction of sp³-hybridized carbons (Fsp3) is 0.529. The van der Waals surface area contributed by atoms with Gasteiger partial charge in [0.05, 0.1) is 16.7 Å². The number of rotatable bonds is 2. The van der Waals surface area contributed by atoms with Crippen LogP contribution in [0.3, 0.4) is 0 Å². The van der Waals surface area contributed by atoms with Crippen molar-refractivity contribution in [1.82, 2.24) is 0 Å². The van der Waals surface area contributed by atoms with Gasteiger partial charge in [-0.1, -0.05) is 11.8 Å². The molecule has 1 fully saturated rings. The molecule has 0 radical (unpaired) electrons. The number of non-ortho nitro benzene ring substituents is 1. The lowest BCUT2D eigenvalue weighted by atomic mass is 10.2. The monoisotopic (exact) mass is 381 g/mol. The van der Waals surface area contributed by atoms with Gasteiger partial charge in [0.25, 0.3) is 5.69 Å². The van der Waals surface area contributed by atoms with Gasteiger partial charge in [-0.3, -0.25) is 15.1 Å². The van der Waals surface area contributed by atoms with Gasteiger partial charge in [0.2, 0.25) is 0 Å². The van der Waals surface area contributed by atoms with Crippen LogP contribution >= 0.6 is 11.8 Å². The minimum Gasteiger partial charge on any atom is -0.443 e. The average molecular weight is 381 g/mol. The summed E-state index contributed by atoms with van der Waals surface area (Å²) in [6.07, 6.45) is 1.12. The highest BCUT2D eigenvalue weighted by Gasteiger charge is 2.41. The maximum Gasteiger partial charge on any atom is 0.421 e. The van der Waals surface area contributed by atoms with Crippen LogP contribution in [0, 0.1) is 21.8 Å². The molecule has 0 saturated heterocycles. The summed E-state index contributed by atoms with van der Waals surface area (Å²) >= 11 is 1.34. The van der Waals surface area contributed by atoms with E-state index in [1.54, 1.807) is 20.8 Å². The molecular formula is C17H20FN3O4S. The van der Waals surface area contributed by atoms with Crippen LogP contribution in [0.15, 0.2) is 23.2 Å². The lowest BCUT2D eigenvalue weighted by Crippen LogP contribution is -2.40. The van der Waals surface area contributed by atoms with Gasteiger partial charge in [-0.2, -0.15) is 0 Å². The molecule has 7 nitrogen and oxygen atoms in total. The number of benzene rings is 1. The van der Waals surface area contributed by atoms with Crippen molar-refractivity contribution >= 4 is 34.4 Å². The molecule has 1 heterocycles. The van der Waals surface area contributed by atoms with E-state index in [1.807, 2.05) is 0 Å². The minimum atomic E-state index is -0.803. The fourth-order valence-corrected chi connectivity index (χ4v) is 3.79. The highest BCUT2D eigenvalue weighted by Crippen LogP contribution is 2.42. The van der Waals surface area contributed by atoms with Gasteiger partial charge >= 0.3 is 6.09 Å². The van der Waals surface area contributed by atoms with Gasteiger partial charge in [0.15, 0.2) is 5.17 Å². The number of nitro benzene ring substituents is 1. The van der Waals surface area contributed by atoms with Crippen molar-refractivity contribution in [1.29, 1.82) is 0 Å². The van der Waals surface area contributed by atoms with Crippen molar-refractivity contribution < 1.29 is 18.8 Å². The zero-order valence-electron chi connectivity index (χ0n) is 14.8. The molecule has 1 aromatic rings. The molecular weight excluding hydrogens is 361 g/mol. The Balaban J connectivity index is 2.04. The number of nitro groups is 1. The third-order valence-corrected chi connectivity index (χ3v) is 5.02. The molecule has 1 saturated carbocycles. The zero-order valence-corrected chi connectivity index (χ0v) is 15.6. The number of nitrogens with zero attached hydrogens (tertiary/aromatic N) is 3. The van der Waals surface area contributed by atoms with Crippen LogP contribution in [0.1, 0.15) is 33.6 Å². The van der Waals surface area contributed by atoms with Crippen LogP contribution in [0.4, 0.5) is 20.6 Å². The number of fused-ring (bicyclic) bond motifs is 1. The van der Waals surface area contributed by atoms with Crippen molar-refractivity contribution in [2.24, 2.45) is 10.9 Å². The van der Waals surface area contributed by atoms with E-state index in [0.717, 1.165) is 41.7 Å². The van der Waals surface area contributed by atoms with E-state index in [9.17, 15) is 19.3 Å². The van der Waals surface area contributed by atoms with Crippen LogP contribution in [0.5, 0.6) is 0 Å². The SMILES string of the molecule is CC(C)(C)OC(=O)N(C1=N[C@@H]2C[C@@H]2CCS1)c1cc([N+](=O)[O-])ccc1F. The number of hydrogen-bond acceptors (Lipinski definition) is 6. The van der Waals surface area contributed by atoms with Crippen LogP contribution < -0.4 is 4.90 Å². The number of carbonyl (C=O) groups excluding carboxylic acids is 1. The predicted octanol–water partition coefficient (Wildman–Crippen LogP) is 4.36. The number of halogens is 1. The Labute approximate surface area is 154 Å². The number of hydrogen-bond donors (Lipinski definition) is 0. The maximum absolute atomic E-state index is 14.5. The maximum atomic E-state index is 14.5. The summed E-state index contributed by atoms with van der Waals surface area (Å²) in [6, 6.07) is 3.20. The molecule has 1 aliphatic carbocycles. The van der Waals surface area contributed by atoms with Crippen molar-refractivity contribution in [3.8, 4) is 0 Å². The van der Waals surface area contributed by atoms with Gasteiger partial charge in [0.1, 0.15) is 11.4 Å². The van der Waals surface area contributed by atoms with E-state index < -0.39 is 22.4 Å². The Morgan fingerprint density at radius 3 is 2.85 bits per heavy atom. The Hall–Kier alpha value is -2.16. The highest BCUT2D eigenvalue weighted by atomic mass is 32.2. The molecule has 140 valence electrons. The summed E-state index contributed by atoms with van der Waals surface area (Å²) in [5.41, 5.74) is -1.33. The first-order valence-corrected chi connectivity index (χ1v) is 9.32. The van der Waals surface area contributed by atoms with E-state index >= 15 is 0 Å². The van der Waals surface area contributed by atoms with Gasteiger partial charge < -0.3 is 4.74 Å². The second-order valence-corrected chi connectivity index (χ2v) is 8.38. The minimum absolute atomic E-state index is 0.117. The van der Waals surface area contributed by atoms with Gasteiger partial charge in [-0.25, -0.2) is 14.1 Å². The van der Waals surface area contributed by atoms with E-state index in [-0.39, 0.29) is 17.4 Å². The largest absolute Gasteiger partial charge is 0.443 e. The Morgan fingerprint density at radius 2 is 2.19 bits per heavy atom. The van der Waals surface area contributed by atoms with Crippen LogP contribution in [0.2, 0.25) is 0 Å². The first-order chi connectivity index (χ1) is 12.2. The average Bonchev–Trinajstić information content (AvgIpc) is 3.25. The number of amides is 1. The van der Waals surface area contributed by atoms with E-state index in [1.165, 1.54) is 11.8 Å². The van der Waals surface area contributed by atoms with E-state index in [4.69, 9.17) is 4.74 Å². The molecule has 26 heavy (non-hydrogen) atoms. The van der Waals surface area contributed by atoms with Crippen LogP contribution in [-0.2, 0) is 4.74 Å². The summed E-state index contributed by atoms with van der Waals surface area (Å²) in [5, 5.41) is 11.4. The summed E-state index contributed by atoms with van der Waals surface area (Å²) in [6.45, 7) is 5.10. The molecule has 2 atom stereocenters. The molecule has 1 aromatic carbocycles. The standard InChI is InChI=1S/C17H20FN3O4S/c1-17(2,3)25-16(22)20(15-19-13-8-10(13)6-7-26-15)14-9-11(21(23)24)4-5-12(14)18/h4-5,9-10,13H,6-8H2,1-3H3/t10-,13+/m0/s1. The Morgan fingerprint density at radius 1 is 1.46 bits per heavy atom. The van der Waals surface area contributed by atoms with Crippen LogP contribution in [-0.4, -0.2) is 33.6 Å². The molecule has 0 bridgehead atoms. The normalized spacial score (nSPS) is 21.9. The quantitative estimate of drug-likeness (QED) is 0.561. The summed E-state index contributed by atoms with van der Waals surface area (Å²) in [5.74, 6) is 0.493. The fourth-order valence-electron chi connectivity index (χ4n) is 2.68. The topological polar surface area (TPSA) is 85.0 Å². The van der Waals surface area contributed by atoms with Gasteiger partial charge in [-0.15, -0.1) is 0 Å². The smallest absolute Gasteiger partial charge is 0.421 e. The molecule has 2 aliphatic rings. The molecule has 0 N–H and O–H groups in total. The number of carbonyl (C=O) groups is 1. The molecule has 0 unspecified atom stereocenters. The first-order valence-electron chi connectivity index (χ1n) is 8.33. The molecule has 0 spiro atoms. The Bertz CT molecular complexity index is 778. The van der Waals surface area contributed by atoms with Crippen LogP contribution in [0.25, 0.3) is 0 Å². The third kappa shape index (κ3) is 4.14. The van der Waals surface area contributed by atoms with Crippen molar-refractivity contribution in [3.05, 3.63) is 34.1 Å². The first kappa shape index (κ1) is 18.6. The molecule has 1 aliphatic heterocycles. The second-order valence-electron chi connectivity index (χ2n) is 7.32. The lowest BCUT2D eigenvalue weighted by molar-refractivity contribution is -0.384. The third-order valence-electron chi connectivity index (χ3n) is 4.03. The van der Waals surface area contributed by atoms with Crippen molar-refractivity contribution in [2.75, 3.05) is 10.7 Å².